The van der Waals surface area contributed by atoms with Gasteiger partial charge in [-0.25, -0.2) is 4.79 Å². The number of piperazine rings is 1. The number of carbonyl (C=O) groups is 1. The van der Waals surface area contributed by atoms with Gasteiger partial charge in [-0.15, -0.1) is 0 Å². The SMILES string of the molecule is COC(=O)c1ccc(N2CCN(Cc3ccc(CO)o3)[C@@H](C)C2)cc1. The summed E-state index contributed by atoms with van der Waals surface area (Å²) in [5.41, 5.74) is 1.68. The third-order valence-corrected chi connectivity index (χ3v) is 4.65. The first kappa shape index (κ1) is 17.5. The summed E-state index contributed by atoms with van der Waals surface area (Å²) in [5.74, 6) is 1.17. The molecule has 1 aromatic carbocycles. The highest BCUT2D eigenvalue weighted by molar-refractivity contribution is 5.89. The maximum atomic E-state index is 11.5. The second-order valence-electron chi connectivity index (χ2n) is 6.33. The van der Waals surface area contributed by atoms with Gasteiger partial charge in [-0.05, 0) is 43.3 Å². The predicted molar refractivity (Wildman–Crippen MR) is 94.5 cm³/mol. The molecule has 134 valence electrons. The smallest absolute Gasteiger partial charge is 0.337 e. The lowest BCUT2D eigenvalue weighted by Crippen LogP contribution is -2.51. The van der Waals surface area contributed by atoms with Crippen LogP contribution in [0.1, 0.15) is 28.8 Å². The quantitative estimate of drug-likeness (QED) is 0.840. The van der Waals surface area contributed by atoms with Gasteiger partial charge in [-0.3, -0.25) is 4.90 Å². The Morgan fingerprint density at radius 3 is 2.52 bits per heavy atom. The normalized spacial score (nSPS) is 18.4. The fourth-order valence-corrected chi connectivity index (χ4v) is 3.18. The molecule has 1 aliphatic heterocycles. The molecule has 0 amide bonds. The molecule has 0 unspecified atom stereocenters. The minimum absolute atomic E-state index is 0.0646. The van der Waals surface area contributed by atoms with Crippen molar-refractivity contribution in [3.63, 3.8) is 0 Å². The predicted octanol–water partition coefficient (Wildman–Crippen LogP) is 2.27. The van der Waals surface area contributed by atoms with Gasteiger partial charge in [-0.1, -0.05) is 0 Å². The first-order valence-corrected chi connectivity index (χ1v) is 8.46. The first-order chi connectivity index (χ1) is 12.1. The van der Waals surface area contributed by atoms with Gasteiger partial charge in [0.05, 0.1) is 19.2 Å². The number of nitrogens with zero attached hydrogens (tertiary/aromatic N) is 2. The third kappa shape index (κ3) is 4.03. The first-order valence-electron chi connectivity index (χ1n) is 8.46. The number of benzene rings is 1. The van der Waals surface area contributed by atoms with Crippen molar-refractivity contribution in [2.24, 2.45) is 0 Å². The summed E-state index contributed by atoms with van der Waals surface area (Å²) < 4.78 is 10.3. The molecule has 1 aliphatic rings. The van der Waals surface area contributed by atoms with Crippen LogP contribution in [0.4, 0.5) is 5.69 Å². The van der Waals surface area contributed by atoms with Crippen LogP contribution in [-0.2, 0) is 17.9 Å². The molecule has 0 saturated carbocycles. The molecular formula is C19H24N2O4. The monoisotopic (exact) mass is 344 g/mol. The molecule has 2 heterocycles. The number of carbonyl (C=O) groups excluding carboxylic acids is 1. The average Bonchev–Trinajstić information content (AvgIpc) is 3.10. The van der Waals surface area contributed by atoms with E-state index in [1.807, 2.05) is 24.3 Å². The number of methoxy groups -OCH3 is 1. The minimum atomic E-state index is -0.314. The summed E-state index contributed by atoms with van der Waals surface area (Å²) in [6.45, 7) is 5.63. The Morgan fingerprint density at radius 2 is 1.92 bits per heavy atom. The Balaban J connectivity index is 1.60. The van der Waals surface area contributed by atoms with Crippen molar-refractivity contribution in [1.29, 1.82) is 0 Å². The Kier molecular flexibility index (Phi) is 5.40. The van der Waals surface area contributed by atoms with E-state index in [4.69, 9.17) is 14.3 Å². The standard InChI is InChI=1S/C19H24N2O4/c1-14-11-21(16-5-3-15(4-6-16)19(23)24-2)10-9-20(14)12-17-7-8-18(13-22)25-17/h3-8,14,22H,9-13H2,1-2H3/t14-/m0/s1. The number of aliphatic hydroxyl groups is 1. The molecule has 1 N–H and O–H groups in total. The molecule has 2 aromatic rings. The van der Waals surface area contributed by atoms with Gasteiger partial charge in [0.15, 0.2) is 0 Å². The molecule has 0 bridgehead atoms. The molecular weight excluding hydrogens is 320 g/mol. The van der Waals surface area contributed by atoms with Crippen molar-refractivity contribution < 1.29 is 19.1 Å². The number of hydrogen-bond acceptors (Lipinski definition) is 6. The fourth-order valence-electron chi connectivity index (χ4n) is 3.18. The average molecular weight is 344 g/mol. The Bertz CT molecular complexity index is 710. The molecule has 6 heteroatoms. The number of esters is 1. The van der Waals surface area contributed by atoms with Crippen molar-refractivity contribution in [3.8, 4) is 0 Å². The summed E-state index contributed by atoms with van der Waals surface area (Å²) in [4.78, 5) is 16.2. The topological polar surface area (TPSA) is 66.2 Å². The summed E-state index contributed by atoms with van der Waals surface area (Å²) in [5, 5.41) is 9.10. The maximum Gasteiger partial charge on any atom is 0.337 e. The number of furan rings is 1. The number of aliphatic hydroxyl groups excluding tert-OH is 1. The van der Waals surface area contributed by atoms with Crippen LogP contribution in [0.2, 0.25) is 0 Å². The van der Waals surface area contributed by atoms with E-state index in [2.05, 4.69) is 16.7 Å². The molecule has 0 spiro atoms. The van der Waals surface area contributed by atoms with Crippen molar-refractivity contribution >= 4 is 11.7 Å². The second kappa shape index (κ2) is 7.72. The van der Waals surface area contributed by atoms with Crippen molar-refractivity contribution in [3.05, 3.63) is 53.5 Å². The largest absolute Gasteiger partial charge is 0.465 e. The zero-order chi connectivity index (χ0) is 17.8. The number of ether oxygens (including phenoxy) is 1. The molecule has 6 nitrogen and oxygen atoms in total. The summed E-state index contributed by atoms with van der Waals surface area (Å²) in [6.07, 6.45) is 0. The van der Waals surface area contributed by atoms with Gasteiger partial charge < -0.3 is 19.2 Å². The van der Waals surface area contributed by atoms with E-state index in [-0.39, 0.29) is 12.6 Å². The lowest BCUT2D eigenvalue weighted by molar-refractivity contribution is 0.0600. The molecule has 25 heavy (non-hydrogen) atoms. The highest BCUT2D eigenvalue weighted by atomic mass is 16.5. The molecule has 1 saturated heterocycles. The lowest BCUT2D eigenvalue weighted by Gasteiger charge is -2.40. The van der Waals surface area contributed by atoms with Crippen molar-refractivity contribution in [2.45, 2.75) is 26.1 Å². The molecule has 3 rings (SSSR count). The minimum Gasteiger partial charge on any atom is -0.465 e. The van der Waals surface area contributed by atoms with Crippen LogP contribution in [0.15, 0.2) is 40.8 Å². The van der Waals surface area contributed by atoms with Crippen LogP contribution in [0.3, 0.4) is 0 Å². The zero-order valence-electron chi connectivity index (χ0n) is 14.6. The fraction of sp³-hybridized carbons (Fsp3) is 0.421. The van der Waals surface area contributed by atoms with E-state index in [9.17, 15) is 4.79 Å². The zero-order valence-corrected chi connectivity index (χ0v) is 14.6. The summed E-state index contributed by atoms with van der Waals surface area (Å²) in [7, 11) is 1.39. The van der Waals surface area contributed by atoms with Crippen molar-refractivity contribution in [2.75, 3.05) is 31.6 Å². The van der Waals surface area contributed by atoms with E-state index >= 15 is 0 Å². The van der Waals surface area contributed by atoms with Crippen LogP contribution >= 0.6 is 0 Å². The van der Waals surface area contributed by atoms with Crippen LogP contribution in [-0.4, -0.2) is 48.8 Å². The van der Waals surface area contributed by atoms with Crippen LogP contribution in [0.25, 0.3) is 0 Å². The number of hydrogen-bond donors (Lipinski definition) is 1. The molecule has 0 aliphatic carbocycles. The Hall–Kier alpha value is -2.31. The van der Waals surface area contributed by atoms with Gasteiger partial charge in [0.25, 0.3) is 0 Å². The van der Waals surface area contributed by atoms with Crippen LogP contribution in [0, 0.1) is 0 Å². The van der Waals surface area contributed by atoms with Gasteiger partial charge in [-0.2, -0.15) is 0 Å². The highest BCUT2D eigenvalue weighted by Crippen LogP contribution is 2.22. The van der Waals surface area contributed by atoms with Gasteiger partial charge in [0.2, 0.25) is 0 Å². The van der Waals surface area contributed by atoms with Crippen LogP contribution < -0.4 is 4.90 Å². The Morgan fingerprint density at radius 1 is 1.20 bits per heavy atom. The van der Waals surface area contributed by atoms with E-state index in [0.29, 0.717) is 17.4 Å². The summed E-state index contributed by atoms with van der Waals surface area (Å²) >= 11 is 0. The lowest BCUT2D eigenvalue weighted by atomic mass is 10.1. The van der Waals surface area contributed by atoms with Gasteiger partial charge in [0, 0.05) is 31.4 Å². The molecule has 1 aromatic heterocycles. The third-order valence-electron chi connectivity index (χ3n) is 4.65. The molecule has 1 atom stereocenters. The van der Waals surface area contributed by atoms with Gasteiger partial charge >= 0.3 is 5.97 Å². The van der Waals surface area contributed by atoms with E-state index in [1.165, 1.54) is 7.11 Å². The molecule has 1 fully saturated rings. The number of anilines is 1. The second-order valence-corrected chi connectivity index (χ2v) is 6.33. The number of rotatable bonds is 5. The molecule has 0 radical (unpaired) electrons. The van der Waals surface area contributed by atoms with Gasteiger partial charge in [0.1, 0.15) is 18.1 Å². The maximum absolute atomic E-state index is 11.5. The highest BCUT2D eigenvalue weighted by Gasteiger charge is 2.24. The van der Waals surface area contributed by atoms with E-state index < -0.39 is 0 Å². The summed E-state index contributed by atoms with van der Waals surface area (Å²) in [6, 6.07) is 11.7. The van der Waals surface area contributed by atoms with E-state index in [1.54, 1.807) is 12.1 Å². The van der Waals surface area contributed by atoms with E-state index in [0.717, 1.165) is 37.6 Å². The Labute approximate surface area is 147 Å². The van der Waals surface area contributed by atoms with Crippen LogP contribution in [0.5, 0.6) is 0 Å². The van der Waals surface area contributed by atoms with Crippen molar-refractivity contribution in [1.82, 2.24) is 4.90 Å².